The molecular weight excluding hydrogens is 393 g/mol. The van der Waals surface area contributed by atoms with E-state index in [0.29, 0.717) is 0 Å². The molecule has 21 heavy (non-hydrogen) atoms. The van der Waals surface area contributed by atoms with Gasteiger partial charge in [-0.25, -0.2) is 0 Å². The molecule has 6 atom stereocenters. The SMILES string of the molecule is C[SiH2]O[SiH](C)O[SiH](C)O[SiH](C)O[SiH](C)O[SiH](C)O[SiH](C)O. The van der Waals surface area contributed by atoms with Crippen molar-refractivity contribution < 1.29 is 29.5 Å². The van der Waals surface area contributed by atoms with E-state index >= 15 is 0 Å². The van der Waals surface area contributed by atoms with Gasteiger partial charge in [-0.05, 0) is 39.3 Å². The van der Waals surface area contributed by atoms with Crippen LogP contribution in [0.2, 0.25) is 45.8 Å². The predicted octanol–water partition coefficient (Wildman–Crippen LogP) is -1.69. The molecule has 0 aliphatic carbocycles. The zero-order valence-corrected chi connectivity index (χ0v) is 22.4. The molecule has 0 saturated carbocycles. The lowest BCUT2D eigenvalue weighted by Gasteiger charge is -2.25. The summed E-state index contributed by atoms with van der Waals surface area (Å²) in [6.45, 7) is 13.8. The van der Waals surface area contributed by atoms with Gasteiger partial charge in [0.25, 0.3) is 46.4 Å². The van der Waals surface area contributed by atoms with Crippen LogP contribution in [0.1, 0.15) is 0 Å². The Labute approximate surface area is 140 Å². The van der Waals surface area contributed by atoms with Crippen LogP contribution in [0.15, 0.2) is 0 Å². The van der Waals surface area contributed by atoms with Crippen LogP contribution < -0.4 is 0 Å². The molecule has 0 aliphatic rings. The molecule has 0 aliphatic heterocycles. The maximum atomic E-state index is 9.28. The molecule has 0 spiro atoms. The lowest BCUT2D eigenvalue weighted by molar-refractivity contribution is 0.319. The third-order valence-electron chi connectivity index (χ3n) is 2.32. The molecular formula is C7H30O7Si7. The minimum Gasteiger partial charge on any atom is -0.444 e. The molecule has 0 rings (SSSR count). The first-order chi connectivity index (χ1) is 9.74. The zero-order chi connectivity index (χ0) is 16.4. The summed E-state index contributed by atoms with van der Waals surface area (Å²) in [5.74, 6) is 0. The zero-order valence-electron chi connectivity index (χ0n) is 14.1. The Morgan fingerprint density at radius 3 is 1.29 bits per heavy atom. The monoisotopic (exact) mass is 422 g/mol. The summed E-state index contributed by atoms with van der Waals surface area (Å²) < 4.78 is 34.3. The van der Waals surface area contributed by atoms with Gasteiger partial charge in [0.1, 0.15) is 9.76 Å². The van der Waals surface area contributed by atoms with Crippen molar-refractivity contribution in [2.24, 2.45) is 0 Å². The van der Waals surface area contributed by atoms with Crippen molar-refractivity contribution in [2.75, 3.05) is 0 Å². The third-order valence-corrected chi connectivity index (χ3v) is 20.9. The van der Waals surface area contributed by atoms with Gasteiger partial charge in [0.2, 0.25) is 0 Å². The molecule has 0 aromatic rings. The average molecular weight is 423 g/mol. The first-order valence-corrected chi connectivity index (χ1v) is 21.9. The van der Waals surface area contributed by atoms with Crippen molar-refractivity contribution >= 4 is 65.5 Å². The highest BCUT2D eigenvalue weighted by Gasteiger charge is 2.22. The Bertz CT molecular complexity index is 263. The second-order valence-corrected chi connectivity index (χ2v) is 18.8. The van der Waals surface area contributed by atoms with E-state index in [-0.39, 0.29) is 0 Å². The van der Waals surface area contributed by atoms with Crippen LogP contribution in [-0.2, 0) is 24.7 Å². The van der Waals surface area contributed by atoms with Gasteiger partial charge >= 0.3 is 9.28 Å². The summed E-state index contributed by atoms with van der Waals surface area (Å²) in [6, 6.07) is 0. The van der Waals surface area contributed by atoms with E-state index in [2.05, 4.69) is 6.55 Å². The Morgan fingerprint density at radius 1 is 0.619 bits per heavy atom. The molecule has 128 valence electrons. The van der Waals surface area contributed by atoms with E-state index in [1.807, 2.05) is 32.7 Å². The largest absolute Gasteiger partial charge is 0.444 e. The summed E-state index contributed by atoms with van der Waals surface area (Å²) >= 11 is 0. The quantitative estimate of drug-likeness (QED) is 0.376. The van der Waals surface area contributed by atoms with Gasteiger partial charge in [-0.2, -0.15) is 0 Å². The van der Waals surface area contributed by atoms with Crippen LogP contribution in [0.3, 0.4) is 0 Å². The van der Waals surface area contributed by atoms with Crippen LogP contribution >= 0.6 is 0 Å². The number of hydrogen-bond donors (Lipinski definition) is 1. The van der Waals surface area contributed by atoms with Crippen molar-refractivity contribution in [2.45, 2.75) is 45.8 Å². The fourth-order valence-electron chi connectivity index (χ4n) is 1.76. The Kier molecular flexibility index (Phi) is 13.4. The molecule has 0 saturated heterocycles. The van der Waals surface area contributed by atoms with Gasteiger partial charge in [-0.1, -0.05) is 6.55 Å². The highest BCUT2D eigenvalue weighted by molar-refractivity contribution is 6.70. The lowest BCUT2D eigenvalue weighted by atomic mass is 11.9. The average Bonchev–Trinajstić information content (AvgIpc) is 2.25. The molecule has 0 amide bonds. The van der Waals surface area contributed by atoms with Gasteiger partial charge in [0.15, 0.2) is 0 Å². The first kappa shape index (κ1) is 22.2. The van der Waals surface area contributed by atoms with E-state index in [4.69, 9.17) is 24.7 Å². The van der Waals surface area contributed by atoms with Gasteiger partial charge in [-0.15, -0.1) is 0 Å². The van der Waals surface area contributed by atoms with Gasteiger partial charge in [0, 0.05) is 0 Å². The molecule has 7 nitrogen and oxygen atoms in total. The molecule has 0 aromatic carbocycles. The normalized spacial score (nSPS) is 21.1. The number of hydrogen-bond acceptors (Lipinski definition) is 7. The van der Waals surface area contributed by atoms with Crippen LogP contribution in [0.5, 0.6) is 0 Å². The standard InChI is InChI=1S/C7H30O7Si7/c1-15-9-17(3)11-19(5)13-21(7)14-20(6)12-18(4)10-16(2)8/h8,16-21H,15H2,1-7H3. The maximum Gasteiger partial charge on any atom is 0.306 e. The van der Waals surface area contributed by atoms with E-state index in [1.165, 1.54) is 0 Å². The third kappa shape index (κ3) is 13.4. The van der Waals surface area contributed by atoms with Crippen molar-refractivity contribution in [3.8, 4) is 0 Å². The summed E-state index contributed by atoms with van der Waals surface area (Å²) in [5.41, 5.74) is 0. The summed E-state index contributed by atoms with van der Waals surface area (Å²) in [6.07, 6.45) is 0. The van der Waals surface area contributed by atoms with Crippen molar-refractivity contribution in [1.29, 1.82) is 0 Å². The minimum atomic E-state index is -2.01. The summed E-state index contributed by atoms with van der Waals surface area (Å²) in [4.78, 5) is 9.28. The predicted molar refractivity (Wildman–Crippen MR) is 101 cm³/mol. The van der Waals surface area contributed by atoms with Gasteiger partial charge < -0.3 is 29.5 Å². The topological polar surface area (TPSA) is 75.6 Å². The Morgan fingerprint density at radius 2 is 0.952 bits per heavy atom. The van der Waals surface area contributed by atoms with Crippen LogP contribution in [0, 0.1) is 0 Å². The highest BCUT2D eigenvalue weighted by atomic mass is 28.5. The van der Waals surface area contributed by atoms with Crippen molar-refractivity contribution in [1.82, 2.24) is 0 Å². The summed E-state index contributed by atoms with van der Waals surface area (Å²) in [7, 11) is -10.8. The second-order valence-electron chi connectivity index (χ2n) is 4.57. The maximum absolute atomic E-state index is 9.28. The van der Waals surface area contributed by atoms with Crippen molar-refractivity contribution in [3.05, 3.63) is 0 Å². The lowest BCUT2D eigenvalue weighted by Crippen LogP contribution is -2.40. The van der Waals surface area contributed by atoms with Crippen LogP contribution in [-0.4, -0.2) is 70.3 Å². The highest BCUT2D eigenvalue weighted by Crippen LogP contribution is 2.03. The molecule has 6 unspecified atom stereocenters. The minimum absolute atomic E-state index is 0.400. The van der Waals surface area contributed by atoms with Crippen LogP contribution in [0.25, 0.3) is 0 Å². The molecule has 0 heterocycles. The van der Waals surface area contributed by atoms with Gasteiger partial charge in [-0.3, -0.25) is 0 Å². The molecule has 0 fully saturated rings. The summed E-state index contributed by atoms with van der Waals surface area (Å²) in [5, 5.41) is 0. The smallest absolute Gasteiger partial charge is 0.306 e. The Hall–Kier alpha value is 1.24. The van der Waals surface area contributed by atoms with E-state index in [1.54, 1.807) is 6.55 Å². The van der Waals surface area contributed by atoms with E-state index in [0.717, 1.165) is 0 Å². The molecule has 0 radical (unpaired) electrons. The fraction of sp³-hybridized carbons (Fsp3) is 1.00. The second kappa shape index (κ2) is 12.6. The molecule has 1 N–H and O–H groups in total. The first-order valence-electron chi connectivity index (χ1n) is 7.31. The fourth-order valence-corrected chi connectivity index (χ4v) is 18.8. The molecule has 0 aromatic heterocycles. The van der Waals surface area contributed by atoms with E-state index in [9.17, 15) is 4.80 Å². The van der Waals surface area contributed by atoms with Crippen molar-refractivity contribution in [3.63, 3.8) is 0 Å². The molecule has 0 bridgehead atoms. The molecule has 14 heteroatoms. The van der Waals surface area contributed by atoms with Gasteiger partial charge in [0.05, 0.1) is 0 Å². The Balaban J connectivity index is 3.93. The number of rotatable bonds is 12. The van der Waals surface area contributed by atoms with Crippen LogP contribution in [0.4, 0.5) is 0 Å². The van der Waals surface area contributed by atoms with E-state index < -0.39 is 65.5 Å².